The molecule has 2 rings (SSSR count). The minimum Gasteiger partial charge on any atom is -0.294 e. The Morgan fingerprint density at radius 3 is 2.80 bits per heavy atom. The lowest BCUT2D eigenvalue weighted by Crippen LogP contribution is -2.08. The highest BCUT2D eigenvalue weighted by molar-refractivity contribution is 5.96. The summed E-state index contributed by atoms with van der Waals surface area (Å²) in [5.74, 6) is 0.524. The molecule has 0 spiro atoms. The van der Waals surface area contributed by atoms with Gasteiger partial charge in [0.2, 0.25) is 0 Å². The molecular formula is C13H13NO. The third-order valence-electron chi connectivity index (χ3n) is 2.50. The second-order valence-electron chi connectivity index (χ2n) is 3.66. The average molecular weight is 199 g/mol. The van der Waals surface area contributed by atoms with Crippen LogP contribution in [0.4, 0.5) is 0 Å². The fourth-order valence-corrected chi connectivity index (χ4v) is 1.64. The van der Waals surface area contributed by atoms with Crippen molar-refractivity contribution in [3.8, 4) is 0 Å². The van der Waals surface area contributed by atoms with Crippen LogP contribution in [-0.4, -0.2) is 12.0 Å². The van der Waals surface area contributed by atoms with Crippen LogP contribution in [0.3, 0.4) is 0 Å². The van der Waals surface area contributed by atoms with Crippen molar-refractivity contribution in [3.63, 3.8) is 0 Å². The normalized spacial score (nSPS) is 19.1. The highest BCUT2D eigenvalue weighted by Crippen LogP contribution is 2.16. The van der Waals surface area contributed by atoms with Crippen LogP contribution in [0.1, 0.15) is 23.2 Å². The molecule has 1 unspecified atom stereocenters. The second kappa shape index (κ2) is 4.69. The molecule has 0 amide bonds. The largest absolute Gasteiger partial charge is 0.294 e. The molecule has 1 aliphatic heterocycles. The van der Waals surface area contributed by atoms with Gasteiger partial charge in [0.1, 0.15) is 0 Å². The van der Waals surface area contributed by atoms with Crippen LogP contribution in [-0.2, 0) is 0 Å². The number of rotatable bonds is 3. The highest BCUT2D eigenvalue weighted by atomic mass is 16.1. The van der Waals surface area contributed by atoms with Gasteiger partial charge in [-0.3, -0.25) is 9.79 Å². The Hall–Kier alpha value is -1.70. The van der Waals surface area contributed by atoms with Crippen LogP contribution in [0.2, 0.25) is 0 Å². The molecule has 2 nitrogen and oxygen atoms in total. The minimum atomic E-state index is 0.209. The fraction of sp³-hybridized carbons (Fsp3) is 0.231. The number of aliphatic imine (C=N–C) groups is 1. The summed E-state index contributed by atoms with van der Waals surface area (Å²) >= 11 is 0. The number of carbonyl (C=O) groups is 1. The zero-order valence-electron chi connectivity index (χ0n) is 8.47. The van der Waals surface area contributed by atoms with Gasteiger partial charge in [0, 0.05) is 24.4 Å². The van der Waals surface area contributed by atoms with Crippen LogP contribution in [0.5, 0.6) is 0 Å². The molecule has 0 radical (unpaired) electrons. The van der Waals surface area contributed by atoms with Gasteiger partial charge in [0.25, 0.3) is 0 Å². The lowest BCUT2D eigenvalue weighted by Gasteiger charge is -2.10. The first-order chi connectivity index (χ1) is 7.36. The summed E-state index contributed by atoms with van der Waals surface area (Å²) in [7, 11) is 0. The molecule has 1 atom stereocenters. The fourth-order valence-electron chi connectivity index (χ4n) is 1.64. The van der Waals surface area contributed by atoms with E-state index in [9.17, 15) is 4.79 Å². The number of ketones is 1. The number of carbonyl (C=O) groups excluding carboxylic acids is 1. The molecule has 1 aliphatic rings. The van der Waals surface area contributed by atoms with Gasteiger partial charge in [-0.05, 0) is 12.3 Å². The SMILES string of the molecule is O=C(CC1C=CN=CC1)c1ccccc1. The zero-order chi connectivity index (χ0) is 10.5. The van der Waals surface area contributed by atoms with Gasteiger partial charge in [-0.15, -0.1) is 0 Å². The van der Waals surface area contributed by atoms with E-state index in [0.29, 0.717) is 12.3 Å². The van der Waals surface area contributed by atoms with E-state index in [1.165, 1.54) is 0 Å². The minimum absolute atomic E-state index is 0.209. The third-order valence-corrected chi connectivity index (χ3v) is 2.50. The maximum atomic E-state index is 11.8. The van der Waals surface area contributed by atoms with Crippen LogP contribution in [0.15, 0.2) is 47.6 Å². The third kappa shape index (κ3) is 2.62. The molecule has 0 saturated heterocycles. The quantitative estimate of drug-likeness (QED) is 0.688. The molecule has 0 saturated carbocycles. The van der Waals surface area contributed by atoms with Gasteiger partial charge in [0.15, 0.2) is 5.78 Å². The summed E-state index contributed by atoms with van der Waals surface area (Å²) in [4.78, 5) is 15.8. The summed E-state index contributed by atoms with van der Waals surface area (Å²) in [6, 6.07) is 9.44. The highest BCUT2D eigenvalue weighted by Gasteiger charge is 2.12. The second-order valence-corrected chi connectivity index (χ2v) is 3.66. The predicted molar refractivity (Wildman–Crippen MR) is 61.1 cm³/mol. The summed E-state index contributed by atoms with van der Waals surface area (Å²) in [6.45, 7) is 0. The van der Waals surface area contributed by atoms with Crippen LogP contribution in [0, 0.1) is 5.92 Å². The predicted octanol–water partition coefficient (Wildman–Crippen LogP) is 2.86. The van der Waals surface area contributed by atoms with E-state index in [0.717, 1.165) is 12.0 Å². The lowest BCUT2D eigenvalue weighted by molar-refractivity contribution is 0.0970. The summed E-state index contributed by atoms with van der Waals surface area (Å²) in [5, 5.41) is 0. The van der Waals surface area contributed by atoms with Gasteiger partial charge in [-0.2, -0.15) is 0 Å². The van der Waals surface area contributed by atoms with Crippen molar-refractivity contribution in [1.82, 2.24) is 0 Å². The molecule has 1 heterocycles. The smallest absolute Gasteiger partial charge is 0.163 e. The molecule has 15 heavy (non-hydrogen) atoms. The first-order valence-corrected chi connectivity index (χ1v) is 5.13. The van der Waals surface area contributed by atoms with Crippen molar-refractivity contribution in [3.05, 3.63) is 48.2 Å². The first kappa shape index (κ1) is 9.84. The Kier molecular flexibility index (Phi) is 3.08. The van der Waals surface area contributed by atoms with Crippen molar-refractivity contribution < 1.29 is 4.79 Å². The lowest BCUT2D eigenvalue weighted by atomic mass is 9.95. The Balaban J connectivity index is 1.98. The molecule has 76 valence electrons. The molecule has 0 fully saturated rings. The standard InChI is InChI=1S/C13H13NO/c15-13(12-4-2-1-3-5-12)10-11-6-8-14-9-7-11/h1-6,8-9,11H,7,10H2. The van der Waals surface area contributed by atoms with E-state index < -0.39 is 0 Å². The maximum Gasteiger partial charge on any atom is 0.163 e. The molecule has 1 aromatic rings. The molecule has 2 heteroatoms. The number of allylic oxidation sites excluding steroid dienone is 1. The summed E-state index contributed by atoms with van der Waals surface area (Å²) < 4.78 is 0. The Morgan fingerprint density at radius 2 is 2.13 bits per heavy atom. The van der Waals surface area contributed by atoms with Crippen molar-refractivity contribution in [2.75, 3.05) is 0 Å². The van der Waals surface area contributed by atoms with E-state index in [2.05, 4.69) is 4.99 Å². The van der Waals surface area contributed by atoms with E-state index >= 15 is 0 Å². The van der Waals surface area contributed by atoms with Gasteiger partial charge in [0.05, 0.1) is 0 Å². The molecular weight excluding hydrogens is 186 g/mol. The monoisotopic (exact) mass is 199 g/mol. The summed E-state index contributed by atoms with van der Waals surface area (Å²) in [6.07, 6.45) is 7.08. The van der Waals surface area contributed by atoms with Crippen molar-refractivity contribution in [1.29, 1.82) is 0 Å². The molecule has 0 aliphatic carbocycles. The topological polar surface area (TPSA) is 29.4 Å². The molecule has 0 bridgehead atoms. The van der Waals surface area contributed by atoms with Crippen molar-refractivity contribution in [2.24, 2.45) is 10.9 Å². The number of nitrogens with zero attached hydrogens (tertiary/aromatic N) is 1. The van der Waals surface area contributed by atoms with Crippen LogP contribution >= 0.6 is 0 Å². The van der Waals surface area contributed by atoms with E-state index in [-0.39, 0.29) is 5.78 Å². The molecule has 0 N–H and O–H groups in total. The first-order valence-electron chi connectivity index (χ1n) is 5.13. The van der Waals surface area contributed by atoms with Crippen LogP contribution < -0.4 is 0 Å². The molecule has 1 aromatic carbocycles. The number of hydrogen-bond donors (Lipinski definition) is 0. The van der Waals surface area contributed by atoms with Gasteiger partial charge in [-0.25, -0.2) is 0 Å². The van der Waals surface area contributed by atoms with E-state index in [4.69, 9.17) is 0 Å². The number of Topliss-reactive ketones (excluding diaryl/α,β-unsaturated/α-hetero) is 1. The Labute approximate surface area is 89.3 Å². The maximum absolute atomic E-state index is 11.8. The zero-order valence-corrected chi connectivity index (χ0v) is 8.47. The van der Waals surface area contributed by atoms with Gasteiger partial charge in [-0.1, -0.05) is 36.4 Å². The summed E-state index contributed by atoms with van der Waals surface area (Å²) in [5.41, 5.74) is 0.799. The van der Waals surface area contributed by atoms with Crippen LogP contribution in [0.25, 0.3) is 0 Å². The Bertz CT molecular complexity index is 392. The number of benzene rings is 1. The van der Waals surface area contributed by atoms with E-state index in [1.807, 2.05) is 42.6 Å². The molecule has 0 aromatic heterocycles. The van der Waals surface area contributed by atoms with E-state index in [1.54, 1.807) is 6.20 Å². The van der Waals surface area contributed by atoms with Crippen molar-refractivity contribution in [2.45, 2.75) is 12.8 Å². The average Bonchev–Trinajstić information content (AvgIpc) is 2.31. The Morgan fingerprint density at radius 1 is 1.33 bits per heavy atom. The van der Waals surface area contributed by atoms with Gasteiger partial charge >= 0.3 is 0 Å². The van der Waals surface area contributed by atoms with Gasteiger partial charge < -0.3 is 0 Å². The number of hydrogen-bond acceptors (Lipinski definition) is 2. The van der Waals surface area contributed by atoms with Crippen molar-refractivity contribution >= 4 is 12.0 Å².